The first-order chi connectivity index (χ1) is 9.01. The number of likely N-dealkylation sites (tertiary alicyclic amines) is 1. The fourth-order valence-corrected chi connectivity index (χ4v) is 3.44. The molecule has 19 heavy (non-hydrogen) atoms. The third kappa shape index (κ3) is 2.79. The Bertz CT molecular complexity index is 334. The highest BCUT2D eigenvalue weighted by atomic mass is 16.5. The molecule has 0 aromatic carbocycles. The average Bonchev–Trinajstić information content (AvgIpc) is 2.40. The minimum Gasteiger partial charge on any atom is -0.378 e. The third-order valence-corrected chi connectivity index (χ3v) is 5.17. The maximum atomic E-state index is 11.5. The van der Waals surface area contributed by atoms with E-state index in [4.69, 9.17) is 4.74 Å². The summed E-state index contributed by atoms with van der Waals surface area (Å²) in [6.45, 7) is 8.28. The predicted octanol–water partition coefficient (Wildman–Crippen LogP) is 1.79. The molecule has 0 radical (unpaired) electrons. The Labute approximate surface area is 116 Å². The number of carbonyl (C=O) groups excluding carboxylic acids is 1. The van der Waals surface area contributed by atoms with Crippen LogP contribution in [0.5, 0.6) is 0 Å². The molecule has 0 aromatic heterocycles. The molecule has 0 aromatic rings. The summed E-state index contributed by atoms with van der Waals surface area (Å²) in [7, 11) is 1.90. The number of hydrogen-bond donors (Lipinski definition) is 1. The second-order valence-corrected chi connectivity index (χ2v) is 6.27. The van der Waals surface area contributed by atoms with Crippen LogP contribution < -0.4 is 5.32 Å². The number of rotatable bonds is 5. The molecule has 4 nitrogen and oxygen atoms in total. The molecule has 4 heteroatoms. The largest absolute Gasteiger partial charge is 0.378 e. The van der Waals surface area contributed by atoms with Crippen molar-refractivity contribution >= 4 is 5.91 Å². The molecule has 1 saturated heterocycles. The molecule has 1 amide bonds. The molecular weight excluding hydrogens is 240 g/mol. The molecule has 1 heterocycles. The van der Waals surface area contributed by atoms with E-state index in [1.807, 2.05) is 11.9 Å². The molecule has 1 aliphatic carbocycles. The van der Waals surface area contributed by atoms with E-state index in [9.17, 15) is 4.79 Å². The number of likely N-dealkylation sites (N-methyl/N-ethyl adjacent to an activating group) is 1. The highest BCUT2D eigenvalue weighted by molar-refractivity contribution is 5.76. The van der Waals surface area contributed by atoms with Crippen molar-refractivity contribution in [3.63, 3.8) is 0 Å². The van der Waals surface area contributed by atoms with Crippen LogP contribution in [0.1, 0.15) is 46.5 Å². The van der Waals surface area contributed by atoms with E-state index in [1.54, 1.807) is 0 Å². The number of nitrogens with zero attached hydrogens (tertiary/aromatic N) is 1. The number of amides is 1. The lowest BCUT2D eigenvalue weighted by Crippen LogP contribution is -2.65. The van der Waals surface area contributed by atoms with Gasteiger partial charge in [-0.05, 0) is 26.2 Å². The van der Waals surface area contributed by atoms with Crippen molar-refractivity contribution in [3.8, 4) is 0 Å². The van der Waals surface area contributed by atoms with Crippen LogP contribution in [0, 0.1) is 5.41 Å². The average molecular weight is 268 g/mol. The normalized spacial score (nSPS) is 39.3. The number of nitrogens with one attached hydrogen (secondary N) is 1. The van der Waals surface area contributed by atoms with Crippen molar-refractivity contribution in [2.75, 3.05) is 20.2 Å². The van der Waals surface area contributed by atoms with Gasteiger partial charge in [0, 0.05) is 44.1 Å². The summed E-state index contributed by atoms with van der Waals surface area (Å²) in [5.74, 6) is 0.275. The summed E-state index contributed by atoms with van der Waals surface area (Å²) in [5, 5.41) is 3.76. The van der Waals surface area contributed by atoms with Crippen molar-refractivity contribution in [1.82, 2.24) is 10.2 Å². The Hall–Kier alpha value is -0.610. The van der Waals surface area contributed by atoms with Crippen LogP contribution in [0.25, 0.3) is 0 Å². The Morgan fingerprint density at radius 2 is 2.21 bits per heavy atom. The molecule has 1 saturated carbocycles. The van der Waals surface area contributed by atoms with Crippen molar-refractivity contribution in [2.24, 2.45) is 5.41 Å². The Morgan fingerprint density at radius 1 is 1.47 bits per heavy atom. The van der Waals surface area contributed by atoms with Crippen LogP contribution in [-0.4, -0.2) is 49.2 Å². The summed E-state index contributed by atoms with van der Waals surface area (Å²) in [5.41, 5.74) is 0.246. The maximum absolute atomic E-state index is 11.5. The molecule has 2 rings (SSSR count). The number of carbonyl (C=O) groups is 1. The van der Waals surface area contributed by atoms with Gasteiger partial charge in [-0.3, -0.25) is 4.79 Å². The topological polar surface area (TPSA) is 41.6 Å². The van der Waals surface area contributed by atoms with E-state index in [1.165, 1.54) is 0 Å². The van der Waals surface area contributed by atoms with Gasteiger partial charge in [-0.15, -0.1) is 0 Å². The molecule has 0 spiro atoms. The Morgan fingerprint density at radius 3 is 2.79 bits per heavy atom. The van der Waals surface area contributed by atoms with E-state index in [0.29, 0.717) is 24.6 Å². The van der Waals surface area contributed by atoms with Crippen molar-refractivity contribution in [1.29, 1.82) is 0 Å². The lowest BCUT2D eigenvalue weighted by Gasteiger charge is -2.55. The maximum Gasteiger partial charge on any atom is 0.222 e. The van der Waals surface area contributed by atoms with E-state index < -0.39 is 0 Å². The summed E-state index contributed by atoms with van der Waals surface area (Å²) in [6, 6.07) is 0.974. The SMILES string of the molecule is CCOC1CC(NC2CCC(=O)N(C)C2)C1(C)CC. The van der Waals surface area contributed by atoms with E-state index in [-0.39, 0.29) is 11.3 Å². The quantitative estimate of drug-likeness (QED) is 0.826. The van der Waals surface area contributed by atoms with Crippen LogP contribution in [0.4, 0.5) is 0 Å². The fourth-order valence-electron chi connectivity index (χ4n) is 3.44. The summed E-state index contributed by atoms with van der Waals surface area (Å²) in [4.78, 5) is 13.4. The van der Waals surface area contributed by atoms with Crippen molar-refractivity contribution < 1.29 is 9.53 Å². The van der Waals surface area contributed by atoms with Gasteiger partial charge in [-0.2, -0.15) is 0 Å². The van der Waals surface area contributed by atoms with Crippen LogP contribution in [0.3, 0.4) is 0 Å². The second-order valence-electron chi connectivity index (χ2n) is 6.27. The van der Waals surface area contributed by atoms with E-state index >= 15 is 0 Å². The molecule has 4 atom stereocenters. The van der Waals surface area contributed by atoms with Gasteiger partial charge >= 0.3 is 0 Å². The molecule has 0 bridgehead atoms. The summed E-state index contributed by atoms with van der Waals surface area (Å²) >= 11 is 0. The molecule has 1 aliphatic heterocycles. The van der Waals surface area contributed by atoms with Gasteiger partial charge in [0.15, 0.2) is 0 Å². The second kappa shape index (κ2) is 5.80. The lowest BCUT2D eigenvalue weighted by atomic mass is 9.61. The Kier molecular flexibility index (Phi) is 4.51. The van der Waals surface area contributed by atoms with Crippen LogP contribution in [0.15, 0.2) is 0 Å². The van der Waals surface area contributed by atoms with Crippen molar-refractivity contribution in [2.45, 2.75) is 64.6 Å². The lowest BCUT2D eigenvalue weighted by molar-refractivity contribution is -0.137. The first-order valence-corrected chi connectivity index (χ1v) is 7.62. The molecule has 110 valence electrons. The van der Waals surface area contributed by atoms with Gasteiger partial charge in [0.25, 0.3) is 0 Å². The number of ether oxygens (including phenoxy) is 1. The predicted molar refractivity (Wildman–Crippen MR) is 76.0 cm³/mol. The molecule has 2 fully saturated rings. The van der Waals surface area contributed by atoms with Crippen LogP contribution in [0.2, 0.25) is 0 Å². The highest BCUT2D eigenvalue weighted by Crippen LogP contribution is 2.46. The van der Waals surface area contributed by atoms with E-state index in [2.05, 4.69) is 26.1 Å². The van der Waals surface area contributed by atoms with E-state index in [0.717, 1.165) is 32.4 Å². The zero-order valence-electron chi connectivity index (χ0n) is 12.7. The van der Waals surface area contributed by atoms with Gasteiger partial charge in [-0.1, -0.05) is 13.8 Å². The van der Waals surface area contributed by atoms with Crippen molar-refractivity contribution in [3.05, 3.63) is 0 Å². The zero-order chi connectivity index (χ0) is 14.0. The minimum atomic E-state index is 0.246. The van der Waals surface area contributed by atoms with Gasteiger partial charge in [0.1, 0.15) is 0 Å². The van der Waals surface area contributed by atoms with Crippen LogP contribution in [-0.2, 0) is 9.53 Å². The van der Waals surface area contributed by atoms with Crippen LogP contribution >= 0.6 is 0 Å². The molecule has 2 aliphatic rings. The van der Waals surface area contributed by atoms with Gasteiger partial charge in [-0.25, -0.2) is 0 Å². The van der Waals surface area contributed by atoms with Gasteiger partial charge < -0.3 is 15.0 Å². The molecule has 4 unspecified atom stereocenters. The Balaban J connectivity index is 1.88. The smallest absolute Gasteiger partial charge is 0.222 e. The summed E-state index contributed by atoms with van der Waals surface area (Å²) < 4.78 is 5.84. The summed E-state index contributed by atoms with van der Waals surface area (Å²) in [6.07, 6.45) is 4.28. The third-order valence-electron chi connectivity index (χ3n) is 5.17. The zero-order valence-corrected chi connectivity index (χ0v) is 12.7. The molecule has 1 N–H and O–H groups in total. The highest BCUT2D eigenvalue weighted by Gasteiger charge is 2.51. The standard InChI is InChI=1S/C15H28N2O2/c1-5-15(3)12(9-13(15)19-6-2)16-11-7-8-14(18)17(4)10-11/h11-13,16H,5-10H2,1-4H3. The minimum absolute atomic E-state index is 0.246. The first-order valence-electron chi connectivity index (χ1n) is 7.62. The first kappa shape index (κ1) is 14.8. The monoisotopic (exact) mass is 268 g/mol. The van der Waals surface area contributed by atoms with Gasteiger partial charge in [0.05, 0.1) is 6.10 Å². The number of piperidine rings is 1. The fraction of sp³-hybridized carbons (Fsp3) is 0.933. The number of hydrogen-bond acceptors (Lipinski definition) is 3. The molecular formula is C15H28N2O2. The van der Waals surface area contributed by atoms with Gasteiger partial charge in [0.2, 0.25) is 5.91 Å².